The minimum Gasteiger partial charge on any atom is -0.403 e. The normalized spacial score (nSPS) is 11.6. The molecule has 0 saturated carbocycles. The van der Waals surface area contributed by atoms with Crippen molar-refractivity contribution in [2.75, 3.05) is 5.32 Å². The van der Waals surface area contributed by atoms with E-state index in [1.54, 1.807) is 17.8 Å². The van der Waals surface area contributed by atoms with Crippen LogP contribution in [0.3, 0.4) is 0 Å². The summed E-state index contributed by atoms with van der Waals surface area (Å²) in [6.45, 7) is 4.15. The van der Waals surface area contributed by atoms with Crippen LogP contribution in [0.4, 0.5) is 19.2 Å². The molecule has 0 spiro atoms. The molecule has 2 aromatic carbocycles. The smallest absolute Gasteiger partial charge is 0.403 e. The van der Waals surface area contributed by atoms with Gasteiger partial charge in [-0.25, -0.2) is 0 Å². The summed E-state index contributed by atoms with van der Waals surface area (Å²) in [6.07, 6.45) is -4.53. The highest BCUT2D eigenvalue weighted by molar-refractivity contribution is 7.99. The molecule has 1 heterocycles. The average Bonchev–Trinajstić information content (AvgIpc) is 3.09. The van der Waals surface area contributed by atoms with E-state index in [0.29, 0.717) is 10.8 Å². The molecular weight excluding hydrogens is 391 g/mol. The largest absolute Gasteiger partial charge is 0.416 e. The van der Waals surface area contributed by atoms with Gasteiger partial charge < -0.3 is 4.42 Å². The van der Waals surface area contributed by atoms with Crippen molar-refractivity contribution >= 4 is 23.7 Å². The van der Waals surface area contributed by atoms with Gasteiger partial charge in [0.25, 0.3) is 5.91 Å². The molecule has 5 nitrogen and oxygen atoms in total. The molecule has 146 valence electrons. The number of aromatic nitrogens is 2. The summed E-state index contributed by atoms with van der Waals surface area (Å²) < 4.78 is 43.8. The van der Waals surface area contributed by atoms with Crippen molar-refractivity contribution in [3.05, 3.63) is 59.7 Å². The van der Waals surface area contributed by atoms with Crippen molar-refractivity contribution < 1.29 is 22.4 Å². The molecule has 0 saturated heterocycles. The first kappa shape index (κ1) is 19.9. The SMILES string of the molecule is CC(C)Sc1cccc(-c2nnc(NC(=O)c3cccc(C(F)(F)F)c3)o2)c1. The maximum absolute atomic E-state index is 12.8. The first-order chi connectivity index (χ1) is 13.2. The second-order valence-corrected chi connectivity index (χ2v) is 7.79. The lowest BCUT2D eigenvalue weighted by molar-refractivity contribution is -0.137. The summed E-state index contributed by atoms with van der Waals surface area (Å²) in [4.78, 5) is 13.2. The van der Waals surface area contributed by atoms with E-state index < -0.39 is 17.6 Å². The lowest BCUT2D eigenvalue weighted by Crippen LogP contribution is -2.14. The van der Waals surface area contributed by atoms with Crippen molar-refractivity contribution in [3.8, 4) is 11.5 Å². The number of rotatable bonds is 5. The number of benzene rings is 2. The van der Waals surface area contributed by atoms with Crippen molar-refractivity contribution in [1.82, 2.24) is 10.2 Å². The monoisotopic (exact) mass is 407 g/mol. The lowest BCUT2D eigenvalue weighted by Gasteiger charge is -2.08. The van der Waals surface area contributed by atoms with Gasteiger partial charge in [0.15, 0.2) is 0 Å². The van der Waals surface area contributed by atoms with Gasteiger partial charge in [0.05, 0.1) is 5.56 Å². The Morgan fingerprint density at radius 1 is 1.11 bits per heavy atom. The summed E-state index contributed by atoms with van der Waals surface area (Å²) in [7, 11) is 0. The fourth-order valence-corrected chi connectivity index (χ4v) is 3.27. The highest BCUT2D eigenvalue weighted by atomic mass is 32.2. The van der Waals surface area contributed by atoms with Crippen LogP contribution in [0.25, 0.3) is 11.5 Å². The summed E-state index contributed by atoms with van der Waals surface area (Å²) in [5.74, 6) is -0.573. The number of nitrogens with zero attached hydrogens (tertiary/aromatic N) is 2. The highest BCUT2D eigenvalue weighted by Crippen LogP contribution is 2.30. The second kappa shape index (κ2) is 8.05. The number of amides is 1. The van der Waals surface area contributed by atoms with Crippen LogP contribution >= 0.6 is 11.8 Å². The van der Waals surface area contributed by atoms with Crippen molar-refractivity contribution in [1.29, 1.82) is 0 Å². The van der Waals surface area contributed by atoms with E-state index in [1.807, 2.05) is 18.2 Å². The van der Waals surface area contributed by atoms with Gasteiger partial charge >= 0.3 is 12.2 Å². The molecule has 0 unspecified atom stereocenters. The van der Waals surface area contributed by atoms with Gasteiger partial charge in [-0.05, 0) is 36.4 Å². The van der Waals surface area contributed by atoms with E-state index in [9.17, 15) is 18.0 Å². The van der Waals surface area contributed by atoms with Gasteiger partial charge in [-0.1, -0.05) is 31.1 Å². The van der Waals surface area contributed by atoms with Crippen LogP contribution in [0.5, 0.6) is 0 Å². The molecule has 0 atom stereocenters. The van der Waals surface area contributed by atoms with Gasteiger partial charge in [-0.2, -0.15) is 13.2 Å². The van der Waals surface area contributed by atoms with Gasteiger partial charge in [0.2, 0.25) is 5.89 Å². The van der Waals surface area contributed by atoms with Crippen LogP contribution in [0.15, 0.2) is 57.8 Å². The van der Waals surface area contributed by atoms with Crippen LogP contribution in [-0.2, 0) is 6.18 Å². The van der Waals surface area contributed by atoms with E-state index in [1.165, 1.54) is 6.07 Å². The molecular formula is C19H16F3N3O2S. The molecule has 3 rings (SSSR count). The Morgan fingerprint density at radius 2 is 1.86 bits per heavy atom. The first-order valence-electron chi connectivity index (χ1n) is 8.31. The third-order valence-corrected chi connectivity index (χ3v) is 4.55. The summed E-state index contributed by atoms with van der Waals surface area (Å²) in [5, 5.41) is 10.4. The van der Waals surface area contributed by atoms with Crippen LogP contribution in [0.1, 0.15) is 29.8 Å². The van der Waals surface area contributed by atoms with Gasteiger partial charge in [-0.15, -0.1) is 16.9 Å². The number of thioether (sulfide) groups is 1. The average molecular weight is 407 g/mol. The highest BCUT2D eigenvalue weighted by Gasteiger charge is 2.31. The molecule has 0 radical (unpaired) electrons. The predicted molar refractivity (Wildman–Crippen MR) is 100 cm³/mol. The molecule has 0 aliphatic rings. The molecule has 0 fully saturated rings. The van der Waals surface area contributed by atoms with Gasteiger partial charge in [0, 0.05) is 21.3 Å². The fraction of sp³-hybridized carbons (Fsp3) is 0.211. The van der Waals surface area contributed by atoms with E-state index in [0.717, 1.165) is 23.1 Å². The Balaban J connectivity index is 1.75. The number of carbonyl (C=O) groups excluding carboxylic acids is 1. The van der Waals surface area contributed by atoms with E-state index in [-0.39, 0.29) is 17.5 Å². The number of carbonyl (C=O) groups is 1. The molecule has 0 aliphatic heterocycles. The quantitative estimate of drug-likeness (QED) is 0.565. The van der Waals surface area contributed by atoms with Crippen LogP contribution in [0, 0.1) is 0 Å². The number of alkyl halides is 3. The van der Waals surface area contributed by atoms with E-state index in [4.69, 9.17) is 4.42 Å². The van der Waals surface area contributed by atoms with Crippen molar-refractivity contribution in [3.63, 3.8) is 0 Å². The third kappa shape index (κ3) is 4.92. The lowest BCUT2D eigenvalue weighted by atomic mass is 10.1. The number of hydrogen-bond donors (Lipinski definition) is 1. The third-order valence-electron chi connectivity index (χ3n) is 3.55. The molecule has 1 N–H and O–H groups in total. The Morgan fingerprint density at radius 3 is 2.57 bits per heavy atom. The molecule has 0 bridgehead atoms. The maximum atomic E-state index is 12.8. The number of nitrogens with one attached hydrogen (secondary N) is 1. The maximum Gasteiger partial charge on any atom is 0.416 e. The Kier molecular flexibility index (Phi) is 5.73. The minimum absolute atomic E-state index is 0.162. The zero-order chi connectivity index (χ0) is 20.3. The Bertz CT molecular complexity index is 986. The zero-order valence-electron chi connectivity index (χ0n) is 14.9. The van der Waals surface area contributed by atoms with E-state index >= 15 is 0 Å². The van der Waals surface area contributed by atoms with Gasteiger partial charge in [-0.3, -0.25) is 10.1 Å². The number of halogens is 3. The van der Waals surface area contributed by atoms with Crippen molar-refractivity contribution in [2.45, 2.75) is 30.2 Å². The molecule has 9 heteroatoms. The molecule has 0 aliphatic carbocycles. The second-order valence-electron chi connectivity index (χ2n) is 6.14. The first-order valence-corrected chi connectivity index (χ1v) is 9.19. The van der Waals surface area contributed by atoms with E-state index in [2.05, 4.69) is 29.4 Å². The number of anilines is 1. The fourth-order valence-electron chi connectivity index (χ4n) is 2.37. The molecule has 1 amide bonds. The molecule has 28 heavy (non-hydrogen) atoms. The standard InChI is InChI=1S/C19H16F3N3O2S/c1-11(2)28-15-8-4-6-13(10-15)17-24-25-18(27-17)23-16(26)12-5-3-7-14(9-12)19(20,21)22/h3-11H,1-2H3,(H,23,25,26). The van der Waals surface area contributed by atoms with Crippen LogP contribution in [0.2, 0.25) is 0 Å². The topological polar surface area (TPSA) is 68.0 Å². The van der Waals surface area contributed by atoms with Crippen LogP contribution < -0.4 is 5.32 Å². The molecule has 1 aromatic heterocycles. The molecule has 3 aromatic rings. The Hall–Kier alpha value is -2.81. The summed E-state index contributed by atoms with van der Waals surface area (Å²) in [6, 6.07) is 11.4. The van der Waals surface area contributed by atoms with Crippen LogP contribution in [-0.4, -0.2) is 21.4 Å². The van der Waals surface area contributed by atoms with Crippen molar-refractivity contribution in [2.24, 2.45) is 0 Å². The minimum atomic E-state index is -4.53. The number of hydrogen-bond acceptors (Lipinski definition) is 5. The predicted octanol–water partition coefficient (Wildman–Crippen LogP) is 5.51. The summed E-state index contributed by atoms with van der Waals surface area (Å²) >= 11 is 1.67. The summed E-state index contributed by atoms with van der Waals surface area (Å²) in [5.41, 5.74) is -0.395. The Labute approximate surface area is 163 Å². The zero-order valence-corrected chi connectivity index (χ0v) is 15.8. The van der Waals surface area contributed by atoms with Gasteiger partial charge in [0.1, 0.15) is 0 Å².